The molecule has 0 radical (unpaired) electrons. The molecule has 0 aromatic heterocycles. The van der Waals surface area contributed by atoms with Gasteiger partial charge in [-0.3, -0.25) is 4.79 Å². The highest BCUT2D eigenvalue weighted by Crippen LogP contribution is 2.50. The molecule has 146 valence electrons. The Kier molecular flexibility index (Phi) is 5.65. The van der Waals surface area contributed by atoms with Gasteiger partial charge in [-0.2, -0.15) is 0 Å². The number of carbonyl (C=O) groups is 2. The smallest absolute Gasteiger partial charge is 0.407 e. The second kappa shape index (κ2) is 8.32. The Labute approximate surface area is 161 Å². The van der Waals surface area contributed by atoms with Crippen molar-refractivity contribution >= 4 is 12.0 Å². The van der Waals surface area contributed by atoms with Gasteiger partial charge in [-0.15, -0.1) is 0 Å². The zero-order valence-corrected chi connectivity index (χ0v) is 15.9. The van der Waals surface area contributed by atoms with Crippen molar-refractivity contribution in [2.75, 3.05) is 13.1 Å². The Bertz CT molecular complexity index is 663. The molecule has 4 atom stereocenters. The monoisotopic (exact) mass is 370 g/mol. The van der Waals surface area contributed by atoms with Gasteiger partial charge in [0.1, 0.15) is 13.2 Å². The van der Waals surface area contributed by atoms with Gasteiger partial charge in [-0.05, 0) is 61.8 Å². The highest BCUT2D eigenvalue weighted by molar-refractivity contribution is 5.82. The van der Waals surface area contributed by atoms with E-state index in [0.29, 0.717) is 6.04 Å². The Morgan fingerprint density at radius 1 is 1.11 bits per heavy atom. The van der Waals surface area contributed by atoms with Crippen molar-refractivity contribution in [2.45, 2.75) is 57.6 Å². The number of hydrogen-bond donors (Lipinski definition) is 1. The van der Waals surface area contributed by atoms with E-state index in [0.717, 1.165) is 49.1 Å². The number of hydrogen-bond acceptors (Lipinski definition) is 3. The van der Waals surface area contributed by atoms with Crippen molar-refractivity contribution in [3.63, 3.8) is 0 Å². The van der Waals surface area contributed by atoms with Gasteiger partial charge in [0.15, 0.2) is 0 Å². The molecule has 1 N–H and O–H groups in total. The Morgan fingerprint density at radius 3 is 2.70 bits per heavy atom. The summed E-state index contributed by atoms with van der Waals surface area (Å²) in [5.41, 5.74) is 0.935. The molecule has 27 heavy (non-hydrogen) atoms. The molecule has 3 fully saturated rings. The molecule has 0 spiro atoms. The summed E-state index contributed by atoms with van der Waals surface area (Å²) < 4.78 is 5.19. The van der Waals surface area contributed by atoms with Crippen LogP contribution in [0.3, 0.4) is 0 Å². The van der Waals surface area contributed by atoms with Gasteiger partial charge in [-0.1, -0.05) is 36.8 Å². The van der Waals surface area contributed by atoms with Crippen LogP contribution in [0.15, 0.2) is 30.3 Å². The third-order valence-electron chi connectivity index (χ3n) is 6.75. The second-order valence-corrected chi connectivity index (χ2v) is 8.47. The number of amides is 2. The first-order chi connectivity index (χ1) is 13.2. The topological polar surface area (TPSA) is 58.6 Å². The zero-order valence-electron chi connectivity index (χ0n) is 15.9. The average Bonchev–Trinajstić information content (AvgIpc) is 3.42. The summed E-state index contributed by atoms with van der Waals surface area (Å²) in [4.78, 5) is 26.5. The summed E-state index contributed by atoms with van der Waals surface area (Å²) in [6.07, 6.45) is 8.41. The number of likely N-dealkylation sites (tertiary alicyclic amines) is 1. The lowest BCUT2D eigenvalue weighted by atomic mass is 9.83. The van der Waals surface area contributed by atoms with Crippen LogP contribution in [0.1, 0.15) is 50.5 Å². The van der Waals surface area contributed by atoms with Gasteiger partial charge in [0.05, 0.1) is 0 Å². The van der Waals surface area contributed by atoms with E-state index in [4.69, 9.17) is 4.74 Å². The summed E-state index contributed by atoms with van der Waals surface area (Å²) >= 11 is 0. The predicted octanol–water partition coefficient (Wildman–Crippen LogP) is 3.73. The van der Waals surface area contributed by atoms with Crippen LogP contribution in [0.5, 0.6) is 0 Å². The van der Waals surface area contributed by atoms with E-state index >= 15 is 0 Å². The molecule has 1 aromatic carbocycles. The molecule has 2 aliphatic carbocycles. The number of ether oxygens (including phenoxy) is 1. The number of fused-ring (bicyclic) bond motifs is 2. The predicted molar refractivity (Wildman–Crippen MR) is 103 cm³/mol. The van der Waals surface area contributed by atoms with Gasteiger partial charge >= 0.3 is 6.09 Å². The van der Waals surface area contributed by atoms with E-state index in [-0.39, 0.29) is 19.1 Å². The Morgan fingerprint density at radius 2 is 1.96 bits per heavy atom. The lowest BCUT2D eigenvalue weighted by Gasteiger charge is -2.30. The van der Waals surface area contributed by atoms with Crippen LogP contribution in [0.2, 0.25) is 0 Å². The number of nitrogens with one attached hydrogen (secondary N) is 1. The lowest BCUT2D eigenvalue weighted by molar-refractivity contribution is -0.131. The molecule has 4 unspecified atom stereocenters. The van der Waals surface area contributed by atoms with E-state index < -0.39 is 6.09 Å². The molecule has 4 rings (SSSR count). The van der Waals surface area contributed by atoms with Crippen molar-refractivity contribution in [2.24, 2.45) is 17.8 Å². The largest absolute Gasteiger partial charge is 0.445 e. The standard InChI is InChI=1S/C22H30N2O3/c25-21(14-23-22(26)27-15-16-5-2-1-3-6-16)24-10-4-7-20(24)13-19-12-17-8-9-18(19)11-17/h1-3,5-6,17-20H,4,7-15H2,(H,23,26). The fraction of sp³-hybridized carbons (Fsp3) is 0.636. The maximum atomic E-state index is 12.6. The maximum absolute atomic E-state index is 12.6. The maximum Gasteiger partial charge on any atom is 0.407 e. The van der Waals surface area contributed by atoms with E-state index in [2.05, 4.69) is 5.32 Å². The molecular formula is C22H30N2O3. The molecule has 3 aliphatic rings. The lowest BCUT2D eigenvalue weighted by Crippen LogP contribution is -2.43. The minimum atomic E-state index is -0.531. The average molecular weight is 370 g/mol. The minimum absolute atomic E-state index is 0.0253. The van der Waals surface area contributed by atoms with Crippen molar-refractivity contribution < 1.29 is 14.3 Å². The first-order valence-corrected chi connectivity index (χ1v) is 10.4. The SMILES string of the molecule is O=C(NCC(=O)N1CCCC1CC1CC2CCC1C2)OCc1ccccc1. The van der Waals surface area contributed by atoms with Crippen LogP contribution in [-0.4, -0.2) is 36.0 Å². The summed E-state index contributed by atoms with van der Waals surface area (Å²) in [5, 5.41) is 2.62. The van der Waals surface area contributed by atoms with Crippen molar-refractivity contribution in [1.82, 2.24) is 10.2 Å². The highest BCUT2D eigenvalue weighted by atomic mass is 16.5. The molecule has 2 saturated carbocycles. The van der Waals surface area contributed by atoms with E-state index in [1.165, 1.54) is 25.7 Å². The molecule has 5 nitrogen and oxygen atoms in total. The first-order valence-electron chi connectivity index (χ1n) is 10.4. The van der Waals surface area contributed by atoms with Crippen molar-refractivity contribution in [3.05, 3.63) is 35.9 Å². The Balaban J connectivity index is 1.20. The molecule has 2 bridgehead atoms. The Hall–Kier alpha value is -2.04. The summed E-state index contributed by atoms with van der Waals surface area (Å²) in [7, 11) is 0. The molecule has 1 aliphatic heterocycles. The van der Waals surface area contributed by atoms with Crippen LogP contribution in [-0.2, 0) is 16.1 Å². The van der Waals surface area contributed by atoms with Crippen molar-refractivity contribution in [1.29, 1.82) is 0 Å². The van der Waals surface area contributed by atoms with Gasteiger partial charge in [0, 0.05) is 12.6 Å². The van der Waals surface area contributed by atoms with Crippen molar-refractivity contribution in [3.8, 4) is 0 Å². The molecule has 5 heteroatoms. The normalized spacial score (nSPS) is 29.1. The number of benzene rings is 1. The van der Waals surface area contributed by atoms with Gasteiger partial charge in [-0.25, -0.2) is 4.79 Å². The van der Waals surface area contributed by atoms with Gasteiger partial charge in [0.2, 0.25) is 5.91 Å². The number of nitrogens with zero attached hydrogens (tertiary/aromatic N) is 1. The van der Waals surface area contributed by atoms with Crippen LogP contribution >= 0.6 is 0 Å². The third-order valence-corrected chi connectivity index (χ3v) is 6.75. The van der Waals surface area contributed by atoms with Gasteiger partial charge < -0.3 is 15.0 Å². The van der Waals surface area contributed by atoms with Gasteiger partial charge in [0.25, 0.3) is 0 Å². The van der Waals surface area contributed by atoms with Crippen LogP contribution in [0, 0.1) is 17.8 Å². The molecule has 1 saturated heterocycles. The third kappa shape index (κ3) is 4.45. The van der Waals surface area contributed by atoms with E-state index in [1.807, 2.05) is 35.2 Å². The van der Waals surface area contributed by atoms with E-state index in [1.54, 1.807) is 0 Å². The van der Waals surface area contributed by atoms with E-state index in [9.17, 15) is 9.59 Å². The number of alkyl carbamates (subject to hydrolysis) is 1. The highest BCUT2D eigenvalue weighted by Gasteiger charge is 2.42. The first kappa shape index (κ1) is 18.3. The molecule has 1 aromatic rings. The number of carbonyl (C=O) groups excluding carboxylic acids is 2. The summed E-state index contributed by atoms with van der Waals surface area (Å²) in [5.74, 6) is 2.69. The molecular weight excluding hydrogens is 340 g/mol. The molecule has 1 heterocycles. The quantitative estimate of drug-likeness (QED) is 0.830. The fourth-order valence-corrected chi connectivity index (χ4v) is 5.45. The molecule has 2 amide bonds. The van der Waals surface area contributed by atoms with Crippen LogP contribution < -0.4 is 5.32 Å². The second-order valence-electron chi connectivity index (χ2n) is 8.47. The van der Waals surface area contributed by atoms with Crippen LogP contribution in [0.25, 0.3) is 0 Å². The summed E-state index contributed by atoms with van der Waals surface area (Å²) in [6, 6.07) is 9.91. The summed E-state index contributed by atoms with van der Waals surface area (Å²) in [6.45, 7) is 1.07. The van der Waals surface area contributed by atoms with Crippen LogP contribution in [0.4, 0.5) is 4.79 Å². The number of rotatable bonds is 6. The zero-order chi connectivity index (χ0) is 18.6. The minimum Gasteiger partial charge on any atom is -0.445 e. The fourth-order valence-electron chi connectivity index (χ4n) is 5.45.